The van der Waals surface area contributed by atoms with Gasteiger partial charge in [-0.25, -0.2) is 4.79 Å². The number of hydrogen-bond donors (Lipinski definition) is 1. The van der Waals surface area contributed by atoms with Gasteiger partial charge in [0.25, 0.3) is 0 Å². The van der Waals surface area contributed by atoms with E-state index in [0.717, 1.165) is 18.8 Å². The zero-order valence-electron chi connectivity index (χ0n) is 12.5. The molecule has 5 nitrogen and oxygen atoms in total. The summed E-state index contributed by atoms with van der Waals surface area (Å²) in [5.74, 6) is -0.376. The van der Waals surface area contributed by atoms with Crippen LogP contribution in [0.1, 0.15) is 31.1 Å². The van der Waals surface area contributed by atoms with Gasteiger partial charge in [0.2, 0.25) is 0 Å². The number of rotatable bonds is 2. The fourth-order valence-electron chi connectivity index (χ4n) is 2.72. The third kappa shape index (κ3) is 3.04. The normalized spacial score (nSPS) is 21.6. The van der Waals surface area contributed by atoms with Crippen molar-refractivity contribution in [3.63, 3.8) is 0 Å². The predicted molar refractivity (Wildman–Crippen MR) is 79.0 cm³/mol. The van der Waals surface area contributed by atoms with E-state index in [1.807, 2.05) is 13.0 Å². The van der Waals surface area contributed by atoms with Crippen LogP contribution >= 0.6 is 0 Å². The topological polar surface area (TPSA) is 64.8 Å². The molecule has 0 aliphatic carbocycles. The van der Waals surface area contributed by atoms with E-state index in [1.165, 1.54) is 7.11 Å². The zero-order valence-corrected chi connectivity index (χ0v) is 12.5. The first-order valence-electron chi connectivity index (χ1n) is 6.73. The molecule has 2 N–H and O–H groups in total. The van der Waals surface area contributed by atoms with E-state index in [4.69, 9.17) is 15.2 Å². The maximum Gasteiger partial charge on any atom is 0.337 e. The van der Waals surface area contributed by atoms with E-state index in [0.29, 0.717) is 11.3 Å². The quantitative estimate of drug-likeness (QED) is 0.662. The second-order valence-corrected chi connectivity index (χ2v) is 5.83. The molecule has 5 heteroatoms. The largest absolute Gasteiger partial charge is 0.465 e. The van der Waals surface area contributed by atoms with Gasteiger partial charge in [0.15, 0.2) is 0 Å². The second-order valence-electron chi connectivity index (χ2n) is 5.83. The Morgan fingerprint density at radius 1 is 1.50 bits per heavy atom. The van der Waals surface area contributed by atoms with Gasteiger partial charge >= 0.3 is 5.97 Å². The van der Waals surface area contributed by atoms with E-state index >= 15 is 0 Å². The van der Waals surface area contributed by atoms with Gasteiger partial charge in [-0.1, -0.05) is 0 Å². The summed E-state index contributed by atoms with van der Waals surface area (Å²) >= 11 is 0. The van der Waals surface area contributed by atoms with Crippen LogP contribution in [0.3, 0.4) is 0 Å². The minimum atomic E-state index is -0.376. The van der Waals surface area contributed by atoms with Crippen LogP contribution in [0.25, 0.3) is 0 Å². The molecular weight excluding hydrogens is 256 g/mol. The average Bonchev–Trinajstić information content (AvgIpc) is 2.35. The molecule has 1 saturated heterocycles. The molecule has 2 rings (SSSR count). The Balaban J connectivity index is 2.27. The number of benzene rings is 1. The molecule has 20 heavy (non-hydrogen) atoms. The molecule has 1 atom stereocenters. The monoisotopic (exact) mass is 278 g/mol. The van der Waals surface area contributed by atoms with Crippen molar-refractivity contribution < 1.29 is 14.3 Å². The lowest BCUT2D eigenvalue weighted by Crippen LogP contribution is -2.52. The van der Waals surface area contributed by atoms with Crippen molar-refractivity contribution in [2.75, 3.05) is 30.8 Å². The number of methoxy groups -OCH3 is 1. The van der Waals surface area contributed by atoms with Crippen LogP contribution < -0.4 is 10.6 Å². The van der Waals surface area contributed by atoms with Crippen LogP contribution in [-0.4, -0.2) is 37.9 Å². The molecule has 0 amide bonds. The third-order valence-electron chi connectivity index (χ3n) is 3.36. The fraction of sp³-hybridized carbons (Fsp3) is 0.533. The number of esters is 1. The number of ether oxygens (including phenoxy) is 2. The standard InChI is InChI=1S/C15H22N2O3/c1-10-8-17(9-15(2,3)20-10)13-6-5-11(7-12(13)16)14(18)19-4/h5-7,10H,8-9,16H2,1-4H3. The number of nitrogen functional groups attached to an aromatic ring is 1. The predicted octanol–water partition coefficient (Wildman–Crippen LogP) is 2.06. The first-order valence-corrected chi connectivity index (χ1v) is 6.73. The molecule has 1 aromatic carbocycles. The lowest BCUT2D eigenvalue weighted by Gasteiger charge is -2.43. The Hall–Kier alpha value is -1.75. The van der Waals surface area contributed by atoms with Crippen LogP contribution in [0.4, 0.5) is 11.4 Å². The van der Waals surface area contributed by atoms with Gasteiger partial charge in [-0.3, -0.25) is 0 Å². The summed E-state index contributed by atoms with van der Waals surface area (Å²) in [4.78, 5) is 13.7. The maximum atomic E-state index is 11.5. The van der Waals surface area contributed by atoms with Crippen molar-refractivity contribution >= 4 is 17.3 Å². The number of anilines is 2. The Kier molecular flexibility index (Phi) is 3.90. The second kappa shape index (κ2) is 5.32. The van der Waals surface area contributed by atoms with E-state index in [2.05, 4.69) is 18.7 Å². The molecule has 0 spiro atoms. The van der Waals surface area contributed by atoms with Gasteiger partial charge in [0, 0.05) is 13.1 Å². The highest BCUT2D eigenvalue weighted by molar-refractivity contribution is 5.92. The summed E-state index contributed by atoms with van der Waals surface area (Å²) < 4.78 is 10.6. The van der Waals surface area contributed by atoms with E-state index in [9.17, 15) is 4.79 Å². The Labute approximate surface area is 119 Å². The molecule has 1 fully saturated rings. The molecule has 0 bridgehead atoms. The number of carbonyl (C=O) groups is 1. The summed E-state index contributed by atoms with van der Waals surface area (Å²) in [5.41, 5.74) is 7.85. The zero-order chi connectivity index (χ0) is 14.9. The minimum absolute atomic E-state index is 0.137. The Morgan fingerprint density at radius 3 is 2.75 bits per heavy atom. The summed E-state index contributed by atoms with van der Waals surface area (Å²) in [6.45, 7) is 7.72. The SMILES string of the molecule is COC(=O)c1ccc(N2CC(C)OC(C)(C)C2)c(N)c1. The van der Waals surface area contributed by atoms with Gasteiger partial charge in [0.1, 0.15) is 0 Å². The summed E-state index contributed by atoms with van der Waals surface area (Å²) in [6.07, 6.45) is 0.137. The molecule has 0 saturated carbocycles. The van der Waals surface area contributed by atoms with Crippen molar-refractivity contribution in [1.29, 1.82) is 0 Å². The summed E-state index contributed by atoms with van der Waals surface area (Å²) in [6, 6.07) is 5.27. The summed E-state index contributed by atoms with van der Waals surface area (Å²) in [7, 11) is 1.36. The van der Waals surface area contributed by atoms with E-state index in [-0.39, 0.29) is 17.7 Å². The Bertz CT molecular complexity index is 514. The molecule has 0 radical (unpaired) electrons. The van der Waals surface area contributed by atoms with Crippen LogP contribution in [0.15, 0.2) is 18.2 Å². The fourth-order valence-corrected chi connectivity index (χ4v) is 2.72. The minimum Gasteiger partial charge on any atom is -0.465 e. The van der Waals surface area contributed by atoms with Crippen molar-refractivity contribution in [2.24, 2.45) is 0 Å². The lowest BCUT2D eigenvalue weighted by molar-refractivity contribution is -0.0749. The number of carbonyl (C=O) groups excluding carboxylic acids is 1. The van der Waals surface area contributed by atoms with Crippen LogP contribution in [0.5, 0.6) is 0 Å². The molecule has 1 aliphatic heterocycles. The smallest absolute Gasteiger partial charge is 0.337 e. The molecule has 0 aromatic heterocycles. The highest BCUT2D eigenvalue weighted by atomic mass is 16.5. The first kappa shape index (κ1) is 14.7. The van der Waals surface area contributed by atoms with Crippen molar-refractivity contribution in [3.8, 4) is 0 Å². The number of morpholine rings is 1. The number of hydrogen-bond acceptors (Lipinski definition) is 5. The van der Waals surface area contributed by atoms with E-state index in [1.54, 1.807) is 12.1 Å². The van der Waals surface area contributed by atoms with E-state index < -0.39 is 0 Å². The van der Waals surface area contributed by atoms with Gasteiger partial charge in [-0.2, -0.15) is 0 Å². The third-order valence-corrected chi connectivity index (χ3v) is 3.36. The van der Waals surface area contributed by atoms with Crippen LogP contribution in [-0.2, 0) is 9.47 Å². The molecule has 110 valence electrons. The molecule has 1 unspecified atom stereocenters. The van der Waals surface area contributed by atoms with Crippen molar-refractivity contribution in [2.45, 2.75) is 32.5 Å². The van der Waals surface area contributed by atoms with Crippen molar-refractivity contribution in [1.82, 2.24) is 0 Å². The first-order chi connectivity index (χ1) is 9.32. The van der Waals surface area contributed by atoms with Crippen LogP contribution in [0.2, 0.25) is 0 Å². The lowest BCUT2D eigenvalue weighted by atomic mass is 10.0. The highest BCUT2D eigenvalue weighted by Crippen LogP contribution is 2.30. The summed E-state index contributed by atoms with van der Waals surface area (Å²) in [5, 5.41) is 0. The molecular formula is C15H22N2O3. The number of nitrogens with zero attached hydrogens (tertiary/aromatic N) is 1. The highest BCUT2D eigenvalue weighted by Gasteiger charge is 2.32. The van der Waals surface area contributed by atoms with Crippen LogP contribution in [0, 0.1) is 0 Å². The maximum absolute atomic E-state index is 11.5. The average molecular weight is 278 g/mol. The van der Waals surface area contributed by atoms with Gasteiger partial charge in [-0.15, -0.1) is 0 Å². The van der Waals surface area contributed by atoms with Gasteiger partial charge < -0.3 is 20.1 Å². The number of nitrogens with two attached hydrogens (primary N) is 1. The molecule has 1 heterocycles. The van der Waals surface area contributed by atoms with Gasteiger partial charge in [0.05, 0.1) is 35.8 Å². The Morgan fingerprint density at radius 2 is 2.20 bits per heavy atom. The van der Waals surface area contributed by atoms with Crippen molar-refractivity contribution in [3.05, 3.63) is 23.8 Å². The molecule has 1 aliphatic rings. The van der Waals surface area contributed by atoms with Gasteiger partial charge in [-0.05, 0) is 39.0 Å². The molecule has 1 aromatic rings.